The molecule has 0 fully saturated rings. The first-order chi connectivity index (χ1) is 7.77. The van der Waals surface area contributed by atoms with Crippen molar-refractivity contribution in [2.75, 3.05) is 0 Å². The second kappa shape index (κ2) is 4.69. The van der Waals surface area contributed by atoms with Crippen LogP contribution in [0.25, 0.3) is 10.8 Å². The maximum Gasteiger partial charge on any atom is -0.0149 e. The molecule has 84 valence electrons. The summed E-state index contributed by atoms with van der Waals surface area (Å²) in [4.78, 5) is 0. The van der Waals surface area contributed by atoms with Crippen LogP contribution in [0, 0.1) is 6.92 Å². The highest BCUT2D eigenvalue weighted by molar-refractivity contribution is 5.87. The predicted octanol–water partition coefficient (Wildman–Crippen LogP) is 4.66. The Morgan fingerprint density at radius 1 is 1.00 bits per heavy atom. The van der Waals surface area contributed by atoms with Crippen molar-refractivity contribution in [1.82, 2.24) is 0 Å². The van der Waals surface area contributed by atoms with E-state index in [1.807, 2.05) is 0 Å². The molecule has 0 aliphatic rings. The number of benzene rings is 2. The van der Waals surface area contributed by atoms with Crippen LogP contribution in [0.15, 0.2) is 30.3 Å². The molecule has 2 rings (SSSR count). The molecule has 0 saturated heterocycles. The van der Waals surface area contributed by atoms with E-state index in [0.717, 1.165) is 6.42 Å². The van der Waals surface area contributed by atoms with Gasteiger partial charge in [-0.1, -0.05) is 50.6 Å². The fourth-order valence-corrected chi connectivity index (χ4v) is 2.65. The normalized spacial score (nSPS) is 10.9. The Bertz CT molecular complexity index is 495. The zero-order valence-corrected chi connectivity index (χ0v) is 10.5. The van der Waals surface area contributed by atoms with E-state index in [9.17, 15) is 0 Å². The van der Waals surface area contributed by atoms with Crippen LogP contribution in [0.2, 0.25) is 0 Å². The minimum absolute atomic E-state index is 1.14. The van der Waals surface area contributed by atoms with Gasteiger partial charge >= 0.3 is 0 Å². The van der Waals surface area contributed by atoms with Crippen molar-refractivity contribution in [2.45, 2.75) is 40.0 Å². The molecule has 0 saturated carbocycles. The minimum Gasteiger partial charge on any atom is -0.0651 e. The monoisotopic (exact) mass is 212 g/mol. The van der Waals surface area contributed by atoms with Crippen LogP contribution in [0.3, 0.4) is 0 Å². The number of aryl methyl sites for hydroxylation is 2. The Kier molecular flexibility index (Phi) is 3.28. The summed E-state index contributed by atoms with van der Waals surface area (Å²) in [5.41, 5.74) is 4.57. The van der Waals surface area contributed by atoms with Crippen molar-refractivity contribution < 1.29 is 0 Å². The Hall–Kier alpha value is -1.30. The van der Waals surface area contributed by atoms with Crippen LogP contribution in [0.5, 0.6) is 0 Å². The summed E-state index contributed by atoms with van der Waals surface area (Å²) in [7, 11) is 0. The van der Waals surface area contributed by atoms with Gasteiger partial charge in [0.25, 0.3) is 0 Å². The molecule has 0 unspecified atom stereocenters. The molecule has 0 heterocycles. The number of hydrogen-bond acceptors (Lipinski definition) is 0. The average Bonchev–Trinajstić information content (AvgIpc) is 2.29. The van der Waals surface area contributed by atoms with Crippen molar-refractivity contribution in [1.29, 1.82) is 0 Å². The summed E-state index contributed by atoms with van der Waals surface area (Å²) >= 11 is 0. The van der Waals surface area contributed by atoms with Gasteiger partial charge in [-0.05, 0) is 47.2 Å². The summed E-state index contributed by atoms with van der Waals surface area (Å²) in [6.07, 6.45) is 3.57. The number of hydrogen-bond donors (Lipinski definition) is 0. The van der Waals surface area contributed by atoms with Gasteiger partial charge in [0.05, 0.1) is 0 Å². The van der Waals surface area contributed by atoms with Crippen LogP contribution in [0.1, 0.15) is 37.0 Å². The molecule has 0 aliphatic carbocycles. The lowest BCUT2D eigenvalue weighted by Crippen LogP contribution is -1.97. The first kappa shape index (κ1) is 11.2. The first-order valence-corrected chi connectivity index (χ1v) is 6.28. The van der Waals surface area contributed by atoms with Gasteiger partial charge in [-0.3, -0.25) is 0 Å². The van der Waals surface area contributed by atoms with Gasteiger partial charge in [-0.25, -0.2) is 0 Å². The maximum atomic E-state index is 2.33. The van der Waals surface area contributed by atoms with E-state index < -0.39 is 0 Å². The third-order valence-corrected chi connectivity index (χ3v) is 3.35. The summed E-state index contributed by atoms with van der Waals surface area (Å²) in [6.45, 7) is 6.76. The van der Waals surface area contributed by atoms with E-state index in [4.69, 9.17) is 0 Å². The fourth-order valence-electron chi connectivity index (χ4n) is 2.65. The average molecular weight is 212 g/mol. The summed E-state index contributed by atoms with van der Waals surface area (Å²) in [6, 6.07) is 11.1. The van der Waals surface area contributed by atoms with Crippen molar-refractivity contribution >= 4 is 10.8 Å². The number of fused-ring (bicyclic) bond motifs is 1. The highest BCUT2D eigenvalue weighted by Crippen LogP contribution is 2.27. The van der Waals surface area contributed by atoms with E-state index in [1.165, 1.54) is 29.2 Å². The summed E-state index contributed by atoms with van der Waals surface area (Å²) < 4.78 is 0. The molecule has 0 aromatic heterocycles. The molecule has 0 spiro atoms. The van der Waals surface area contributed by atoms with Crippen molar-refractivity contribution in [3.63, 3.8) is 0 Å². The predicted molar refractivity (Wildman–Crippen MR) is 72.1 cm³/mol. The van der Waals surface area contributed by atoms with Crippen molar-refractivity contribution in [3.8, 4) is 0 Å². The molecule has 0 N–H and O–H groups in total. The highest BCUT2D eigenvalue weighted by Gasteiger charge is 2.08. The zero-order chi connectivity index (χ0) is 11.5. The topological polar surface area (TPSA) is 0 Å². The van der Waals surface area contributed by atoms with Crippen molar-refractivity contribution in [2.24, 2.45) is 0 Å². The molecule has 0 nitrogen and oxygen atoms in total. The van der Waals surface area contributed by atoms with E-state index in [0.29, 0.717) is 0 Å². The van der Waals surface area contributed by atoms with Gasteiger partial charge in [0.2, 0.25) is 0 Å². The molecule has 16 heavy (non-hydrogen) atoms. The van der Waals surface area contributed by atoms with Crippen LogP contribution < -0.4 is 0 Å². The largest absolute Gasteiger partial charge is 0.0651 e. The van der Waals surface area contributed by atoms with Gasteiger partial charge in [-0.15, -0.1) is 0 Å². The summed E-state index contributed by atoms with van der Waals surface area (Å²) in [5, 5.41) is 2.84. The smallest absolute Gasteiger partial charge is 0.0149 e. The molecule has 0 amide bonds. The van der Waals surface area contributed by atoms with Gasteiger partial charge in [0.15, 0.2) is 0 Å². The van der Waals surface area contributed by atoms with Gasteiger partial charge in [-0.2, -0.15) is 0 Å². The second-order valence-corrected chi connectivity index (χ2v) is 4.48. The van der Waals surface area contributed by atoms with Gasteiger partial charge < -0.3 is 0 Å². The van der Waals surface area contributed by atoms with Crippen LogP contribution in [-0.4, -0.2) is 0 Å². The van der Waals surface area contributed by atoms with E-state index in [2.05, 4.69) is 51.1 Å². The zero-order valence-electron chi connectivity index (χ0n) is 10.5. The molecular weight excluding hydrogens is 192 g/mol. The standard InChI is InChI=1S/C16H20/c1-4-8-16-14(5-2)12(3)11-13-9-6-7-10-15(13)16/h6-7,9-11H,4-5,8H2,1-3H3. The Balaban J connectivity index is 2.76. The molecule has 0 radical (unpaired) electrons. The van der Waals surface area contributed by atoms with E-state index >= 15 is 0 Å². The summed E-state index contributed by atoms with van der Waals surface area (Å²) in [5.74, 6) is 0. The Labute approximate surface area is 98.3 Å². The molecular formula is C16H20. The Morgan fingerprint density at radius 3 is 2.44 bits per heavy atom. The lowest BCUT2D eigenvalue weighted by atomic mass is 9.91. The molecule has 0 bridgehead atoms. The lowest BCUT2D eigenvalue weighted by Gasteiger charge is -2.14. The SMILES string of the molecule is CCCc1c(CC)c(C)cc2ccccc12. The van der Waals surface area contributed by atoms with Crippen LogP contribution >= 0.6 is 0 Å². The molecule has 2 aromatic rings. The van der Waals surface area contributed by atoms with E-state index in [1.54, 1.807) is 11.1 Å². The molecule has 2 aromatic carbocycles. The Morgan fingerprint density at radius 2 is 1.75 bits per heavy atom. The molecule has 0 atom stereocenters. The molecule has 0 aliphatic heterocycles. The van der Waals surface area contributed by atoms with Gasteiger partial charge in [0.1, 0.15) is 0 Å². The van der Waals surface area contributed by atoms with Gasteiger partial charge in [0, 0.05) is 0 Å². The maximum absolute atomic E-state index is 2.33. The number of rotatable bonds is 3. The van der Waals surface area contributed by atoms with Crippen molar-refractivity contribution in [3.05, 3.63) is 47.0 Å². The highest BCUT2D eigenvalue weighted by atomic mass is 14.1. The lowest BCUT2D eigenvalue weighted by molar-refractivity contribution is 0.904. The third kappa shape index (κ3) is 1.84. The third-order valence-electron chi connectivity index (χ3n) is 3.35. The second-order valence-electron chi connectivity index (χ2n) is 4.48. The molecule has 0 heteroatoms. The first-order valence-electron chi connectivity index (χ1n) is 6.28. The minimum atomic E-state index is 1.14. The fraction of sp³-hybridized carbons (Fsp3) is 0.375. The quantitative estimate of drug-likeness (QED) is 0.694. The van der Waals surface area contributed by atoms with Crippen LogP contribution in [0.4, 0.5) is 0 Å². The van der Waals surface area contributed by atoms with Crippen LogP contribution in [-0.2, 0) is 12.8 Å². The van der Waals surface area contributed by atoms with E-state index in [-0.39, 0.29) is 0 Å².